The molecule has 0 radical (unpaired) electrons. The number of hydrogen-bond acceptors (Lipinski definition) is 7. The predicted octanol–water partition coefficient (Wildman–Crippen LogP) is 1.41. The van der Waals surface area contributed by atoms with Crippen LogP contribution in [0, 0.1) is 5.92 Å². The van der Waals surface area contributed by atoms with Gasteiger partial charge in [-0.1, -0.05) is 0 Å². The first-order chi connectivity index (χ1) is 16.5. The molecule has 4 amide bonds. The van der Waals surface area contributed by atoms with Crippen molar-refractivity contribution in [1.29, 1.82) is 0 Å². The Bertz CT molecular complexity index is 988. The fraction of sp³-hybridized carbons (Fsp3) is 0.600. The van der Waals surface area contributed by atoms with Crippen LogP contribution in [0.25, 0.3) is 0 Å². The summed E-state index contributed by atoms with van der Waals surface area (Å²) in [6, 6.07) is 4.45. The van der Waals surface area contributed by atoms with Gasteiger partial charge >= 0.3 is 0 Å². The Labute approximate surface area is 212 Å². The first-order valence-corrected chi connectivity index (χ1v) is 12.5. The molecule has 3 fully saturated rings. The molecule has 9 nitrogen and oxygen atoms in total. The van der Waals surface area contributed by atoms with Crippen molar-refractivity contribution in [1.82, 2.24) is 20.4 Å². The number of nitrogens with zero attached hydrogens (tertiary/aromatic N) is 3. The van der Waals surface area contributed by atoms with E-state index in [-0.39, 0.29) is 31.2 Å². The summed E-state index contributed by atoms with van der Waals surface area (Å²) in [5.74, 6) is -0.991. The second kappa shape index (κ2) is 11.1. The Kier molecular flexibility index (Phi) is 8.09. The summed E-state index contributed by atoms with van der Waals surface area (Å²) in [6.07, 6.45) is 5.45. The average Bonchev–Trinajstić information content (AvgIpc) is 3.10. The van der Waals surface area contributed by atoms with Crippen LogP contribution in [-0.4, -0.2) is 85.3 Å². The van der Waals surface area contributed by atoms with Crippen LogP contribution in [0.4, 0.5) is 5.69 Å². The van der Waals surface area contributed by atoms with Gasteiger partial charge in [0.2, 0.25) is 11.8 Å². The largest absolute Gasteiger partial charge is 0.369 e. The summed E-state index contributed by atoms with van der Waals surface area (Å²) >= 11 is 0. The average molecular weight is 504 g/mol. The van der Waals surface area contributed by atoms with Crippen molar-refractivity contribution in [3.63, 3.8) is 0 Å². The highest BCUT2D eigenvalue weighted by atomic mass is 35.5. The van der Waals surface area contributed by atoms with Crippen LogP contribution in [-0.2, 0) is 9.59 Å². The van der Waals surface area contributed by atoms with Crippen molar-refractivity contribution in [2.24, 2.45) is 5.92 Å². The Morgan fingerprint density at radius 2 is 1.60 bits per heavy atom. The molecule has 4 heterocycles. The van der Waals surface area contributed by atoms with Crippen molar-refractivity contribution in [3.05, 3.63) is 29.3 Å². The van der Waals surface area contributed by atoms with Crippen molar-refractivity contribution in [3.8, 4) is 0 Å². The van der Waals surface area contributed by atoms with Crippen molar-refractivity contribution >= 4 is 41.7 Å². The summed E-state index contributed by atoms with van der Waals surface area (Å²) < 4.78 is 0. The maximum atomic E-state index is 13.1. The molecular formula is C25H34ClN5O4. The fourth-order valence-electron chi connectivity index (χ4n) is 5.66. The van der Waals surface area contributed by atoms with E-state index in [4.69, 9.17) is 0 Å². The van der Waals surface area contributed by atoms with Crippen LogP contribution >= 0.6 is 12.4 Å². The molecular weight excluding hydrogens is 470 g/mol. The topological polar surface area (TPSA) is 102 Å². The van der Waals surface area contributed by atoms with E-state index in [1.54, 1.807) is 12.1 Å². The quantitative estimate of drug-likeness (QED) is 0.566. The van der Waals surface area contributed by atoms with Gasteiger partial charge in [0.05, 0.1) is 11.1 Å². The summed E-state index contributed by atoms with van der Waals surface area (Å²) in [5.41, 5.74) is 1.60. The van der Waals surface area contributed by atoms with Crippen LogP contribution in [0.15, 0.2) is 18.2 Å². The molecule has 0 aliphatic carbocycles. The number of fused-ring (bicyclic) bond motifs is 1. The number of benzene rings is 1. The molecule has 190 valence electrons. The Morgan fingerprint density at radius 1 is 0.886 bits per heavy atom. The number of carbonyl (C=O) groups is 4. The van der Waals surface area contributed by atoms with Crippen LogP contribution < -0.4 is 15.5 Å². The summed E-state index contributed by atoms with van der Waals surface area (Å²) in [5, 5.41) is 5.66. The first kappa shape index (κ1) is 25.6. The summed E-state index contributed by atoms with van der Waals surface area (Å²) in [6.45, 7) is 7.18. The van der Waals surface area contributed by atoms with Gasteiger partial charge in [0.15, 0.2) is 0 Å². The molecule has 0 saturated carbocycles. The van der Waals surface area contributed by atoms with E-state index in [1.807, 2.05) is 6.07 Å². The molecule has 0 aromatic heterocycles. The number of carbonyl (C=O) groups excluding carboxylic acids is 4. The van der Waals surface area contributed by atoms with E-state index < -0.39 is 23.8 Å². The van der Waals surface area contributed by atoms with E-state index in [0.29, 0.717) is 11.1 Å². The lowest BCUT2D eigenvalue weighted by Crippen LogP contribution is -2.54. The zero-order chi connectivity index (χ0) is 23.7. The van der Waals surface area contributed by atoms with Crippen LogP contribution in [0.1, 0.15) is 59.2 Å². The van der Waals surface area contributed by atoms with Crippen molar-refractivity contribution in [2.45, 2.75) is 44.6 Å². The molecule has 10 heteroatoms. The lowest BCUT2D eigenvalue weighted by atomic mass is 9.93. The molecule has 4 aliphatic heterocycles. The molecule has 3 saturated heterocycles. The van der Waals surface area contributed by atoms with Gasteiger partial charge in [0, 0.05) is 38.3 Å². The maximum absolute atomic E-state index is 13.1. The lowest BCUT2D eigenvalue weighted by molar-refractivity contribution is -0.136. The third kappa shape index (κ3) is 5.37. The standard InChI is InChI=1S/C25H33N5O4.ClH/c31-22-6-5-21(23(32)27-22)30-24(33)19-4-3-18(16-20(19)25(30)34)29-14-12-28(13-15-29)11-1-2-17-7-9-26-10-8-17;/h3-4,16-17,21,26H,1-2,5-15H2,(H,27,31,32);1H. The third-order valence-electron chi connectivity index (χ3n) is 7.71. The molecule has 4 aliphatic rings. The van der Waals surface area contributed by atoms with Gasteiger partial charge in [-0.15, -0.1) is 12.4 Å². The molecule has 1 atom stereocenters. The summed E-state index contributed by atoms with van der Waals surface area (Å²) in [7, 11) is 0. The first-order valence-electron chi connectivity index (χ1n) is 12.5. The van der Waals surface area contributed by atoms with Gasteiger partial charge < -0.3 is 10.2 Å². The van der Waals surface area contributed by atoms with E-state index >= 15 is 0 Å². The minimum Gasteiger partial charge on any atom is -0.369 e. The van der Waals surface area contributed by atoms with E-state index in [9.17, 15) is 19.2 Å². The number of anilines is 1. The highest BCUT2D eigenvalue weighted by Crippen LogP contribution is 2.31. The Morgan fingerprint density at radius 3 is 2.31 bits per heavy atom. The van der Waals surface area contributed by atoms with Gasteiger partial charge in [0.25, 0.3) is 11.8 Å². The molecule has 1 unspecified atom stereocenters. The van der Waals surface area contributed by atoms with Crippen molar-refractivity contribution in [2.75, 3.05) is 50.7 Å². The normalized spacial score (nSPS) is 23.8. The zero-order valence-electron chi connectivity index (χ0n) is 20.0. The molecule has 0 spiro atoms. The molecule has 2 N–H and O–H groups in total. The minimum atomic E-state index is -0.929. The number of halogens is 1. The molecule has 1 aromatic rings. The van der Waals surface area contributed by atoms with Crippen LogP contribution in [0.3, 0.4) is 0 Å². The number of amides is 4. The van der Waals surface area contributed by atoms with E-state index in [1.165, 1.54) is 25.7 Å². The van der Waals surface area contributed by atoms with Gasteiger partial charge in [-0.2, -0.15) is 0 Å². The Hall–Kier alpha value is -2.49. The zero-order valence-corrected chi connectivity index (χ0v) is 20.8. The van der Waals surface area contributed by atoms with E-state index in [0.717, 1.165) is 62.3 Å². The Balaban J connectivity index is 0.00000289. The minimum absolute atomic E-state index is 0. The van der Waals surface area contributed by atoms with Crippen LogP contribution in [0.5, 0.6) is 0 Å². The highest BCUT2D eigenvalue weighted by Gasteiger charge is 2.44. The number of hydrogen-bond donors (Lipinski definition) is 2. The van der Waals surface area contributed by atoms with Gasteiger partial charge in [-0.3, -0.25) is 34.3 Å². The second-order valence-electron chi connectivity index (χ2n) is 9.84. The van der Waals surface area contributed by atoms with Gasteiger partial charge in [-0.25, -0.2) is 0 Å². The molecule has 5 rings (SSSR count). The number of piperazine rings is 1. The van der Waals surface area contributed by atoms with Gasteiger partial charge in [0.1, 0.15) is 6.04 Å². The smallest absolute Gasteiger partial charge is 0.262 e. The SMILES string of the molecule is Cl.O=C1CCC(N2C(=O)c3ccc(N4CCN(CCCC5CCNCC5)CC4)cc3C2=O)C(=O)N1. The highest BCUT2D eigenvalue weighted by molar-refractivity contribution is 6.23. The maximum Gasteiger partial charge on any atom is 0.262 e. The molecule has 35 heavy (non-hydrogen) atoms. The molecule has 0 bridgehead atoms. The number of rotatable bonds is 6. The van der Waals surface area contributed by atoms with Crippen molar-refractivity contribution < 1.29 is 19.2 Å². The van der Waals surface area contributed by atoms with E-state index in [2.05, 4.69) is 20.4 Å². The fourth-order valence-corrected chi connectivity index (χ4v) is 5.66. The number of piperidine rings is 2. The number of nitrogens with one attached hydrogen (secondary N) is 2. The molecule has 1 aromatic carbocycles. The third-order valence-corrected chi connectivity index (χ3v) is 7.71. The second-order valence-corrected chi connectivity index (χ2v) is 9.84. The van der Waals surface area contributed by atoms with Gasteiger partial charge in [-0.05, 0) is 75.9 Å². The number of imide groups is 2. The van der Waals surface area contributed by atoms with Crippen LogP contribution in [0.2, 0.25) is 0 Å². The lowest BCUT2D eigenvalue weighted by Gasteiger charge is -2.36. The predicted molar refractivity (Wildman–Crippen MR) is 134 cm³/mol. The monoisotopic (exact) mass is 503 g/mol. The summed E-state index contributed by atoms with van der Waals surface area (Å²) in [4.78, 5) is 55.5.